The molecule has 4 aromatic carbocycles. The first-order valence-corrected chi connectivity index (χ1v) is 48.1. The highest BCUT2D eigenvalue weighted by Crippen LogP contribution is 2.60. The second-order valence-corrected chi connectivity index (χ2v) is 41.8. The van der Waals surface area contributed by atoms with Crippen LogP contribution in [0.4, 0.5) is 26.3 Å². The van der Waals surface area contributed by atoms with E-state index in [1.807, 2.05) is 19.2 Å². The second-order valence-electron chi connectivity index (χ2n) is 29.9. The van der Waals surface area contributed by atoms with Crippen molar-refractivity contribution in [3.8, 4) is 0 Å². The number of benzene rings is 4. The highest BCUT2D eigenvalue weighted by atomic mass is 35.7. The maximum atomic E-state index is 13.1. The number of alkyl halides is 6. The molecule has 4 amide bonds. The van der Waals surface area contributed by atoms with E-state index in [-0.39, 0.29) is 75.9 Å². The molecule has 6 aliphatic rings. The predicted molar refractivity (Wildman–Crippen MR) is 450 cm³/mol. The van der Waals surface area contributed by atoms with Gasteiger partial charge in [0.25, 0.3) is 19.6 Å². The maximum absolute atomic E-state index is 13.1. The highest BCUT2D eigenvalue weighted by Gasteiger charge is 2.53. The van der Waals surface area contributed by atoms with Crippen molar-refractivity contribution in [2.75, 3.05) is 39.3 Å². The lowest BCUT2D eigenvalue weighted by atomic mass is 10.1. The number of ether oxygens (including phenoxy) is 2. The molecule has 6 fully saturated rings. The molecule has 2 unspecified atom stereocenters. The summed E-state index contributed by atoms with van der Waals surface area (Å²) in [6.45, 7) is 11.2. The van der Waals surface area contributed by atoms with Crippen molar-refractivity contribution >= 4 is 100 Å². The number of carbonyl (C=O) groups is 4. The third-order valence-corrected chi connectivity index (χ3v) is 34.7. The van der Waals surface area contributed by atoms with E-state index in [4.69, 9.17) is 34.3 Å². The van der Waals surface area contributed by atoms with E-state index >= 15 is 0 Å². The zero-order chi connectivity index (χ0) is 82.5. The molecule has 0 bridgehead atoms. The zero-order valence-electron chi connectivity index (χ0n) is 64.8. The lowest BCUT2D eigenvalue weighted by molar-refractivity contribution is -0.173. The number of amides is 4. The van der Waals surface area contributed by atoms with Crippen molar-refractivity contribution in [3.63, 3.8) is 0 Å². The van der Waals surface area contributed by atoms with E-state index in [1.54, 1.807) is 5.32 Å². The van der Waals surface area contributed by atoms with Gasteiger partial charge in [-0.2, -0.15) is 26.3 Å². The minimum absolute atomic E-state index is 0. The molecule has 0 aliphatic carbocycles. The molecule has 117 heavy (non-hydrogen) atoms. The normalized spacial score (nSPS) is 23.2. The van der Waals surface area contributed by atoms with Crippen LogP contribution in [-0.2, 0) is 42.2 Å². The number of unbranched alkanes of at least 4 members (excludes halogenated alkanes) is 6. The number of carbonyl (C=O) groups excluding carboxylic acids is 4. The van der Waals surface area contributed by atoms with E-state index in [1.165, 1.54) is 73.3 Å². The number of aromatic amines is 2. The van der Waals surface area contributed by atoms with Crippen LogP contribution in [0, 0.1) is 0 Å². The Bertz CT molecular complexity index is 4410. The number of rotatable bonds is 32. The Morgan fingerprint density at radius 3 is 1.30 bits per heavy atom. The Labute approximate surface area is 687 Å². The number of hydrogen-bond donors (Lipinski definition) is 7. The van der Waals surface area contributed by atoms with Crippen molar-refractivity contribution < 1.29 is 73.7 Å². The van der Waals surface area contributed by atoms with Gasteiger partial charge in [0.05, 0.1) is 47.8 Å². The highest BCUT2D eigenvalue weighted by molar-refractivity contribution is 7.78. The molecule has 12 rings (SSSR count). The van der Waals surface area contributed by atoms with Gasteiger partial charge < -0.3 is 49.4 Å². The minimum atomic E-state index is -4.90. The molecular weight excluding hydrogens is 1620 g/mol. The lowest BCUT2D eigenvalue weighted by Gasteiger charge is -2.32. The summed E-state index contributed by atoms with van der Waals surface area (Å²) < 4.78 is 112. The van der Waals surface area contributed by atoms with Crippen molar-refractivity contribution in [1.82, 2.24) is 49.7 Å². The molecule has 6 aliphatic heterocycles. The summed E-state index contributed by atoms with van der Waals surface area (Å²) >= 11 is 6.51. The molecular formula is C82H111ClF6N10O14P2Si2. The van der Waals surface area contributed by atoms with Crippen LogP contribution in [0.2, 0.25) is 25.2 Å². The van der Waals surface area contributed by atoms with Gasteiger partial charge >= 0.3 is 35.5 Å². The number of aliphatic hydroxyl groups is 1. The molecule has 8 heterocycles. The molecule has 7 N–H and O–H groups in total. The lowest BCUT2D eigenvalue weighted by Crippen LogP contribution is -2.58. The van der Waals surface area contributed by atoms with E-state index in [9.17, 15) is 69.8 Å². The standard InChI is InChI=1S/C40H51F3N5O7PSi.C21H29F3N4O6.C19H23ClNOPSi.2CH4/c1-3-32-33(54-56-48-24-14-19-31(48)34(55-56)27-57(2,29-15-8-6-9-16-29)30-17-10-7-11-18-30)25-36(53-32)47-26-28(37(50)46-39(47)52)20-21-35(49)44-22-12-4-5-13-23-45-38(51)40(41,42)43;1-2-15-14(29)11-17(34-15)28-12-13(18(31)27-20(28)33)7-8-16(30)25-9-5-3-4-6-10-26-19(32)21(22,23)24;1-24(16-9-4-2-5-10-16,17-11-6-3-7-12-17)15-19-18-13-8-14-21(18)23(20)22-19;;/h6-11,15-18,20-21,26,31-34,36H,3-5,12-14,19,22-25,27H2,1-2H3,(H,44,49)(H,45,51)(H,46,50,52);7-8,12,14-15,17,29H,2-6,9-11H2,1H3,(H,25,30)(H,26,32)(H,27,31,33);2-7,9-12,18-19H,8,13-15H2,1H3;2*1H4/b21-20+;8-7+;;;/t31-,32+,33+,34+,36+,56?;14-,15-,17-;18-,19+,23?;;/m010../s1. The number of halogens is 7. The van der Waals surface area contributed by atoms with Crippen molar-refractivity contribution in [1.29, 1.82) is 0 Å². The average Bonchev–Trinajstić information content (AvgIpc) is 1.67. The molecule has 35 heteroatoms. The SMILES string of the molecule is C.C.CC[C@H]1O[C@@H](n2cc(/C=C/C(=O)NCCCCCCNC(=O)C(F)(F)F)c(=O)[nH]c2=O)C[C@H]1O.CC[C@H]1O[C@@H](n2cc(/C=C/C(=O)NCCCCCCNC(=O)C(F)(F)F)c(=O)[nH]c2=O)C[C@H]1OP1O[C@H](C[Si](C)(c2ccccc2)c2ccccc2)[C@@H]2CCCN21.C[Si](C[C@H]1OP(Cl)N2CCC[C@@H]12)(c1ccccc1)c1ccccc1. The van der Waals surface area contributed by atoms with E-state index in [0.717, 1.165) is 44.1 Å². The summed E-state index contributed by atoms with van der Waals surface area (Å²) in [4.78, 5) is 100. The van der Waals surface area contributed by atoms with Crippen molar-refractivity contribution in [2.24, 2.45) is 0 Å². The number of nitrogens with zero attached hydrogens (tertiary/aromatic N) is 4. The first-order valence-electron chi connectivity index (χ1n) is 39.4. The van der Waals surface area contributed by atoms with Gasteiger partial charge in [-0.3, -0.25) is 47.9 Å². The number of aromatic nitrogens is 4. The van der Waals surface area contributed by atoms with E-state index < -0.39 is 115 Å². The van der Waals surface area contributed by atoms with Gasteiger partial charge in [-0.05, 0) is 99.7 Å². The molecule has 12 atom stereocenters. The van der Waals surface area contributed by atoms with Gasteiger partial charge in [0.2, 0.25) is 19.5 Å². The van der Waals surface area contributed by atoms with E-state index in [0.29, 0.717) is 89.8 Å². The molecule has 2 aromatic heterocycles. The van der Waals surface area contributed by atoms with Gasteiger partial charge in [0.1, 0.15) is 28.6 Å². The summed E-state index contributed by atoms with van der Waals surface area (Å²) in [6, 6.07) is 46.4. The van der Waals surface area contributed by atoms with Crippen LogP contribution in [0.1, 0.15) is 155 Å². The predicted octanol–water partition coefficient (Wildman–Crippen LogP) is 11.4. The average molecular weight is 1730 g/mol. The quantitative estimate of drug-likeness (QED) is 0.00679. The maximum Gasteiger partial charge on any atom is 0.471 e. The summed E-state index contributed by atoms with van der Waals surface area (Å²) in [5.74, 6) is -4.83. The van der Waals surface area contributed by atoms with Gasteiger partial charge in [-0.25, -0.2) is 18.9 Å². The number of fused-ring (bicyclic) bond motifs is 2. The van der Waals surface area contributed by atoms with Crippen LogP contribution in [0.3, 0.4) is 0 Å². The van der Waals surface area contributed by atoms with Gasteiger partial charge in [0, 0.05) is 88.7 Å². The fraction of sp³-hybridized carbons (Fsp3) is 0.512. The topological polar surface area (TPSA) is 299 Å². The second kappa shape index (κ2) is 44.7. The first kappa shape index (κ1) is 94.9. The minimum Gasteiger partial charge on any atom is -0.390 e. The fourth-order valence-corrected chi connectivity index (χ4v) is 27.7. The Balaban J connectivity index is 0.000000240. The van der Waals surface area contributed by atoms with Crippen molar-refractivity contribution in [2.45, 2.75) is 230 Å². The van der Waals surface area contributed by atoms with Crippen LogP contribution in [0.15, 0.2) is 165 Å². The smallest absolute Gasteiger partial charge is 0.390 e. The van der Waals surface area contributed by atoms with Crippen LogP contribution in [0.25, 0.3) is 12.2 Å². The van der Waals surface area contributed by atoms with Gasteiger partial charge in [0.15, 0.2) is 0 Å². The van der Waals surface area contributed by atoms with E-state index in [2.05, 4.69) is 164 Å². The van der Waals surface area contributed by atoms with Crippen molar-refractivity contribution in [3.05, 3.63) is 199 Å². The third-order valence-electron chi connectivity index (χ3n) is 21.9. The Morgan fingerprint density at radius 2 is 0.906 bits per heavy atom. The molecule has 6 aromatic rings. The van der Waals surface area contributed by atoms with Crippen LogP contribution in [-0.4, -0.2) is 174 Å². The number of H-pyrrole nitrogens is 2. The summed E-state index contributed by atoms with van der Waals surface area (Å²) in [5, 5.41) is 24.6. The molecule has 0 radical (unpaired) electrons. The Morgan fingerprint density at radius 1 is 0.538 bits per heavy atom. The molecule has 24 nitrogen and oxygen atoms in total. The van der Waals surface area contributed by atoms with Crippen LogP contribution >= 0.6 is 27.4 Å². The number of nitrogens with one attached hydrogen (secondary N) is 6. The molecule has 6 saturated heterocycles. The fourth-order valence-electron chi connectivity index (χ4n) is 15.5. The molecule has 0 saturated carbocycles. The van der Waals surface area contributed by atoms with Gasteiger partial charge in [-0.1, -0.05) is 210 Å². The monoisotopic (exact) mass is 1730 g/mol. The summed E-state index contributed by atoms with van der Waals surface area (Å²) in [6.07, 6.45) is 5.62. The Kier molecular flexibility index (Phi) is 36.2. The van der Waals surface area contributed by atoms with Crippen LogP contribution < -0.4 is 64.5 Å². The number of aliphatic hydroxyl groups excluding tert-OH is 1. The third kappa shape index (κ3) is 25.7. The first-order chi connectivity index (χ1) is 55.1. The summed E-state index contributed by atoms with van der Waals surface area (Å²) in [7, 11) is -6.32. The Hall–Kier alpha value is -7.56. The molecule has 640 valence electrons. The largest absolute Gasteiger partial charge is 0.471 e. The van der Waals surface area contributed by atoms with Crippen LogP contribution in [0.5, 0.6) is 0 Å². The summed E-state index contributed by atoms with van der Waals surface area (Å²) in [5.41, 5.74) is -2.47. The number of hydrogen-bond acceptors (Lipinski definition) is 16. The molecule has 0 spiro atoms. The van der Waals surface area contributed by atoms with Gasteiger partial charge in [-0.15, -0.1) is 0 Å². The zero-order valence-corrected chi connectivity index (χ0v) is 69.4.